The van der Waals surface area contributed by atoms with Gasteiger partial charge in [0.15, 0.2) is 11.5 Å². The second kappa shape index (κ2) is 7.19. The van der Waals surface area contributed by atoms with E-state index in [-0.39, 0.29) is 12.2 Å². The predicted molar refractivity (Wildman–Crippen MR) is 77.0 cm³/mol. The first-order valence-electron chi connectivity index (χ1n) is 6.55. The topological polar surface area (TPSA) is 76.0 Å². The zero-order valence-electron chi connectivity index (χ0n) is 11.4. The number of benzene rings is 2. The first-order valence-corrected chi connectivity index (χ1v) is 6.55. The van der Waals surface area contributed by atoms with Crippen molar-refractivity contribution in [1.29, 1.82) is 0 Å². The van der Waals surface area contributed by atoms with E-state index in [1.807, 2.05) is 12.1 Å². The summed E-state index contributed by atoms with van der Waals surface area (Å²) in [5.74, 6) is 0.997. The molecule has 0 spiro atoms. The van der Waals surface area contributed by atoms with Gasteiger partial charge in [-0.3, -0.25) is 4.79 Å². The minimum absolute atomic E-state index is 0.0704. The maximum atomic E-state index is 10.4. The number of hydrogen-bond donors (Lipinski definition) is 2. The number of carboxylic acid groups (broad SMARTS) is 1. The van der Waals surface area contributed by atoms with Crippen LogP contribution in [0.2, 0.25) is 0 Å². The van der Waals surface area contributed by atoms with Crippen LogP contribution in [-0.4, -0.2) is 22.8 Å². The third-order valence-corrected chi connectivity index (χ3v) is 2.71. The molecule has 2 aromatic carbocycles. The molecule has 2 aromatic rings. The van der Waals surface area contributed by atoms with Crippen LogP contribution in [0.5, 0.6) is 23.0 Å². The van der Waals surface area contributed by atoms with Gasteiger partial charge in [0, 0.05) is 6.42 Å². The molecule has 2 N–H and O–H groups in total. The Hall–Kier alpha value is -2.69. The molecule has 21 heavy (non-hydrogen) atoms. The number of hydrogen-bond acceptors (Lipinski definition) is 4. The molecule has 0 aliphatic carbocycles. The highest BCUT2D eigenvalue weighted by Gasteiger charge is 2.06. The lowest BCUT2D eigenvalue weighted by Gasteiger charge is -2.12. The molecule has 0 bridgehead atoms. The van der Waals surface area contributed by atoms with Crippen molar-refractivity contribution in [2.45, 2.75) is 12.8 Å². The second-order valence-electron chi connectivity index (χ2n) is 4.39. The van der Waals surface area contributed by atoms with E-state index >= 15 is 0 Å². The average Bonchev–Trinajstić information content (AvgIpc) is 2.47. The fraction of sp³-hybridized carbons (Fsp3) is 0.188. The number of carbonyl (C=O) groups is 1. The molecule has 2 rings (SSSR count). The van der Waals surface area contributed by atoms with Crippen LogP contribution in [0.25, 0.3) is 0 Å². The van der Waals surface area contributed by atoms with Gasteiger partial charge in [-0.2, -0.15) is 0 Å². The highest BCUT2D eigenvalue weighted by atomic mass is 16.5. The molecule has 0 fully saturated rings. The molecule has 0 aliphatic heterocycles. The number of phenolic OH excluding ortho intramolecular Hbond substituents is 1. The minimum Gasteiger partial charge on any atom is -0.508 e. The molecule has 0 saturated heterocycles. The summed E-state index contributed by atoms with van der Waals surface area (Å²) in [5.41, 5.74) is 0. The van der Waals surface area contributed by atoms with E-state index in [1.165, 1.54) is 12.1 Å². The quantitative estimate of drug-likeness (QED) is 0.763. The normalized spacial score (nSPS) is 10.1. The van der Waals surface area contributed by atoms with Gasteiger partial charge in [0.25, 0.3) is 0 Å². The first-order chi connectivity index (χ1) is 10.1. The van der Waals surface area contributed by atoms with E-state index in [1.54, 1.807) is 24.3 Å². The van der Waals surface area contributed by atoms with Gasteiger partial charge in [0.1, 0.15) is 11.5 Å². The molecule has 0 atom stereocenters. The van der Waals surface area contributed by atoms with Crippen molar-refractivity contribution < 1.29 is 24.5 Å². The Balaban J connectivity index is 1.99. The molecule has 0 saturated carbocycles. The largest absolute Gasteiger partial charge is 0.508 e. The Bertz CT molecular complexity index is 592. The van der Waals surface area contributed by atoms with Crippen molar-refractivity contribution in [2.75, 3.05) is 6.61 Å². The van der Waals surface area contributed by atoms with Gasteiger partial charge >= 0.3 is 5.97 Å². The Morgan fingerprint density at radius 1 is 1.00 bits per heavy atom. The van der Waals surface area contributed by atoms with Crippen LogP contribution in [-0.2, 0) is 4.79 Å². The van der Waals surface area contributed by atoms with Crippen LogP contribution in [0.15, 0.2) is 48.5 Å². The highest BCUT2D eigenvalue weighted by Crippen LogP contribution is 2.31. The summed E-state index contributed by atoms with van der Waals surface area (Å²) in [7, 11) is 0. The van der Waals surface area contributed by atoms with E-state index < -0.39 is 5.97 Å². The van der Waals surface area contributed by atoms with Crippen molar-refractivity contribution in [3.63, 3.8) is 0 Å². The maximum Gasteiger partial charge on any atom is 0.303 e. The number of phenols is 1. The van der Waals surface area contributed by atoms with E-state index in [0.717, 1.165) is 0 Å². The van der Waals surface area contributed by atoms with Crippen LogP contribution in [0.3, 0.4) is 0 Å². The van der Waals surface area contributed by atoms with Gasteiger partial charge in [-0.15, -0.1) is 0 Å². The first kappa shape index (κ1) is 14.7. The zero-order valence-corrected chi connectivity index (χ0v) is 11.4. The molecule has 0 unspecified atom stereocenters. The summed E-state index contributed by atoms with van der Waals surface area (Å²) in [6.07, 6.45) is 0.504. The molecule has 0 aliphatic rings. The smallest absolute Gasteiger partial charge is 0.303 e. The summed E-state index contributed by atoms with van der Waals surface area (Å²) in [6.45, 7) is 0.308. The van der Waals surface area contributed by atoms with Gasteiger partial charge in [0.2, 0.25) is 0 Å². The zero-order chi connectivity index (χ0) is 15.1. The van der Waals surface area contributed by atoms with Gasteiger partial charge in [0.05, 0.1) is 6.61 Å². The monoisotopic (exact) mass is 288 g/mol. The molecule has 5 nitrogen and oxygen atoms in total. The molecule has 0 amide bonds. The van der Waals surface area contributed by atoms with Crippen LogP contribution in [0.1, 0.15) is 12.8 Å². The summed E-state index contributed by atoms with van der Waals surface area (Å²) in [5, 5.41) is 17.8. The summed E-state index contributed by atoms with van der Waals surface area (Å²) < 4.78 is 11.2. The van der Waals surface area contributed by atoms with Crippen LogP contribution >= 0.6 is 0 Å². The van der Waals surface area contributed by atoms with E-state index in [0.29, 0.717) is 30.3 Å². The van der Waals surface area contributed by atoms with Gasteiger partial charge in [-0.05, 0) is 42.8 Å². The lowest BCUT2D eigenvalue weighted by Crippen LogP contribution is -2.02. The Morgan fingerprint density at radius 3 is 2.33 bits per heavy atom. The number of rotatable bonds is 7. The Kier molecular flexibility index (Phi) is 5.04. The fourth-order valence-corrected chi connectivity index (χ4v) is 1.70. The fourth-order valence-electron chi connectivity index (χ4n) is 1.70. The second-order valence-corrected chi connectivity index (χ2v) is 4.39. The molecular weight excluding hydrogens is 272 g/mol. The lowest BCUT2D eigenvalue weighted by molar-refractivity contribution is -0.137. The van der Waals surface area contributed by atoms with Crippen LogP contribution < -0.4 is 9.47 Å². The average molecular weight is 288 g/mol. The number of carboxylic acids is 1. The number of ether oxygens (including phenoxy) is 2. The van der Waals surface area contributed by atoms with Crippen molar-refractivity contribution in [3.05, 3.63) is 48.5 Å². The van der Waals surface area contributed by atoms with Crippen molar-refractivity contribution in [1.82, 2.24) is 0 Å². The highest BCUT2D eigenvalue weighted by molar-refractivity contribution is 5.66. The molecule has 0 aromatic heterocycles. The summed E-state index contributed by atoms with van der Waals surface area (Å²) in [6, 6.07) is 13.5. The summed E-state index contributed by atoms with van der Waals surface area (Å²) in [4.78, 5) is 10.4. The van der Waals surface area contributed by atoms with E-state index in [9.17, 15) is 9.90 Å². The Labute approximate surface area is 122 Å². The third-order valence-electron chi connectivity index (χ3n) is 2.71. The minimum atomic E-state index is -0.841. The van der Waals surface area contributed by atoms with Gasteiger partial charge in [-0.1, -0.05) is 12.1 Å². The number of aromatic hydroxyl groups is 1. The Morgan fingerprint density at radius 2 is 1.67 bits per heavy atom. The lowest BCUT2D eigenvalue weighted by atomic mass is 10.3. The molecule has 0 radical (unpaired) electrons. The van der Waals surface area contributed by atoms with Crippen LogP contribution in [0.4, 0.5) is 0 Å². The molecule has 5 heteroatoms. The molecule has 0 heterocycles. The third kappa shape index (κ3) is 4.72. The van der Waals surface area contributed by atoms with Crippen molar-refractivity contribution in [2.24, 2.45) is 0 Å². The maximum absolute atomic E-state index is 10.4. The van der Waals surface area contributed by atoms with E-state index in [4.69, 9.17) is 14.6 Å². The SMILES string of the molecule is O=C(O)CCCOc1ccccc1Oc1ccc(O)cc1. The summed E-state index contributed by atoms with van der Waals surface area (Å²) >= 11 is 0. The van der Waals surface area contributed by atoms with Crippen LogP contribution in [0, 0.1) is 0 Å². The predicted octanol–water partition coefficient (Wildman–Crippen LogP) is 3.43. The van der Waals surface area contributed by atoms with Gasteiger partial charge < -0.3 is 19.7 Å². The van der Waals surface area contributed by atoms with Crippen molar-refractivity contribution in [3.8, 4) is 23.0 Å². The molecular formula is C16H16O5. The van der Waals surface area contributed by atoms with Crippen molar-refractivity contribution >= 4 is 5.97 Å². The van der Waals surface area contributed by atoms with Gasteiger partial charge in [-0.25, -0.2) is 0 Å². The number of aliphatic carboxylic acids is 1. The number of para-hydroxylation sites is 2. The standard InChI is InChI=1S/C16H16O5/c17-12-7-9-13(10-8-12)21-15-5-2-1-4-14(15)20-11-3-6-16(18)19/h1-2,4-5,7-10,17H,3,6,11H2,(H,18,19). The van der Waals surface area contributed by atoms with E-state index in [2.05, 4.69) is 0 Å². The molecule has 110 valence electrons.